The summed E-state index contributed by atoms with van der Waals surface area (Å²) in [7, 11) is 0. The molecule has 6 heteroatoms. The van der Waals surface area contributed by atoms with Gasteiger partial charge < -0.3 is 9.88 Å². The highest BCUT2D eigenvalue weighted by Crippen LogP contribution is 2.52. The smallest absolute Gasteiger partial charge is 0.307 e. The van der Waals surface area contributed by atoms with Gasteiger partial charge in [0, 0.05) is 26.2 Å². The molecule has 1 saturated carbocycles. The van der Waals surface area contributed by atoms with E-state index in [4.69, 9.17) is 0 Å². The number of hydrogen-bond acceptors (Lipinski definition) is 3. The summed E-state index contributed by atoms with van der Waals surface area (Å²) in [6, 6.07) is 19.0. The number of aromatic amines is 1. The maximum absolute atomic E-state index is 13.6. The second kappa shape index (κ2) is 7.41. The van der Waals surface area contributed by atoms with E-state index >= 15 is 0 Å². The minimum absolute atomic E-state index is 0.210. The van der Waals surface area contributed by atoms with Crippen molar-refractivity contribution < 1.29 is 4.39 Å². The van der Waals surface area contributed by atoms with Crippen LogP contribution >= 0.6 is 0 Å². The number of nitrogens with one attached hydrogen (secondary N) is 1. The van der Waals surface area contributed by atoms with Crippen LogP contribution in [0.15, 0.2) is 70.3 Å². The summed E-state index contributed by atoms with van der Waals surface area (Å²) >= 11 is 0. The van der Waals surface area contributed by atoms with Crippen molar-refractivity contribution in [2.24, 2.45) is 11.8 Å². The van der Waals surface area contributed by atoms with E-state index in [1.165, 1.54) is 45.5 Å². The lowest BCUT2D eigenvalue weighted by molar-refractivity contribution is 0.192. The van der Waals surface area contributed by atoms with Crippen LogP contribution in [-0.2, 0) is 6.54 Å². The van der Waals surface area contributed by atoms with Crippen LogP contribution in [0.2, 0.25) is 0 Å². The molecule has 1 saturated heterocycles. The molecule has 4 aromatic rings. The third-order valence-electron chi connectivity index (χ3n) is 7.45. The van der Waals surface area contributed by atoms with Crippen molar-refractivity contribution in [2.45, 2.75) is 18.9 Å². The molecule has 1 N–H and O–H groups in total. The lowest BCUT2D eigenvalue weighted by atomic mass is 9.63. The Morgan fingerprint density at radius 1 is 0.938 bits per heavy atom. The number of likely N-dealkylation sites (tertiary alicyclic amines) is 1. The van der Waals surface area contributed by atoms with Gasteiger partial charge in [0.1, 0.15) is 5.82 Å². The molecule has 3 aromatic carbocycles. The molecule has 1 aliphatic heterocycles. The van der Waals surface area contributed by atoms with E-state index in [0.29, 0.717) is 36.4 Å². The average Bonchev–Trinajstić information content (AvgIpc) is 3.10. The van der Waals surface area contributed by atoms with Crippen LogP contribution in [0, 0.1) is 17.7 Å². The fourth-order valence-corrected chi connectivity index (χ4v) is 5.78. The van der Waals surface area contributed by atoms with Gasteiger partial charge in [0.2, 0.25) is 0 Å². The Balaban J connectivity index is 1.19. The van der Waals surface area contributed by atoms with Crippen LogP contribution in [0.1, 0.15) is 17.9 Å². The number of rotatable bonds is 4. The first-order valence-corrected chi connectivity index (χ1v) is 11.2. The zero-order valence-corrected chi connectivity index (χ0v) is 17.6. The third kappa shape index (κ3) is 3.09. The molecule has 0 amide bonds. The van der Waals surface area contributed by atoms with Crippen LogP contribution in [-0.4, -0.2) is 34.1 Å². The van der Waals surface area contributed by atoms with E-state index in [2.05, 4.69) is 52.3 Å². The van der Waals surface area contributed by atoms with Crippen molar-refractivity contribution in [1.29, 1.82) is 0 Å². The van der Waals surface area contributed by atoms with Crippen LogP contribution in [0.5, 0.6) is 0 Å². The standard InChI is InChI=1S/C26H24FN3O2/c27-18-8-9-24-22(13-18)25(31)30(26(32)28-24)11-10-29-14-17-12-21(23(17)15-29)20-7-3-5-16-4-1-2-6-19(16)20/h1-9,13,17,21,23H,10-12,14-15H2,(H,28,32). The highest BCUT2D eigenvalue weighted by molar-refractivity contribution is 5.86. The quantitative estimate of drug-likeness (QED) is 0.538. The van der Waals surface area contributed by atoms with E-state index in [-0.39, 0.29) is 5.39 Å². The molecule has 2 aliphatic rings. The molecular formula is C26H24FN3O2. The second-order valence-electron chi connectivity index (χ2n) is 9.17. The van der Waals surface area contributed by atoms with E-state index in [9.17, 15) is 14.0 Å². The SMILES string of the molecule is O=c1[nH]c2ccc(F)cc2c(=O)n1CCN1CC2CC(c3cccc4ccccc34)C2C1. The summed E-state index contributed by atoms with van der Waals surface area (Å²) in [6.45, 7) is 2.92. The Kier molecular flexibility index (Phi) is 4.50. The number of fused-ring (bicyclic) bond motifs is 3. The minimum atomic E-state index is -0.483. The summed E-state index contributed by atoms with van der Waals surface area (Å²) in [5.74, 6) is 1.36. The lowest BCUT2D eigenvalue weighted by Gasteiger charge is -2.40. The molecule has 3 atom stereocenters. The molecule has 1 aliphatic carbocycles. The summed E-state index contributed by atoms with van der Waals surface area (Å²) in [4.78, 5) is 30.3. The zero-order valence-electron chi connectivity index (χ0n) is 17.6. The molecular weight excluding hydrogens is 405 g/mol. The monoisotopic (exact) mass is 429 g/mol. The van der Waals surface area contributed by atoms with Crippen molar-refractivity contribution in [3.63, 3.8) is 0 Å². The maximum atomic E-state index is 13.6. The van der Waals surface area contributed by atoms with E-state index in [0.717, 1.165) is 13.1 Å². The number of hydrogen-bond donors (Lipinski definition) is 1. The van der Waals surface area contributed by atoms with Crippen LogP contribution in [0.4, 0.5) is 4.39 Å². The Morgan fingerprint density at radius 3 is 2.69 bits per heavy atom. The first-order chi connectivity index (χ1) is 15.6. The molecule has 1 aromatic heterocycles. The first-order valence-electron chi connectivity index (χ1n) is 11.2. The molecule has 6 rings (SSSR count). The van der Waals surface area contributed by atoms with Crippen molar-refractivity contribution in [3.05, 3.63) is 92.9 Å². The predicted octanol–water partition coefficient (Wildman–Crippen LogP) is 3.72. The van der Waals surface area contributed by atoms with E-state index < -0.39 is 17.1 Å². The van der Waals surface area contributed by atoms with Gasteiger partial charge in [-0.05, 0) is 58.7 Å². The highest BCUT2D eigenvalue weighted by atomic mass is 19.1. The Labute approximate surface area is 184 Å². The summed E-state index contributed by atoms with van der Waals surface area (Å²) in [5.41, 5.74) is 0.939. The Hall–Kier alpha value is -3.25. The summed E-state index contributed by atoms with van der Waals surface area (Å²) in [5, 5.41) is 2.84. The van der Waals surface area contributed by atoms with Gasteiger partial charge in [-0.25, -0.2) is 9.18 Å². The topological polar surface area (TPSA) is 58.1 Å². The van der Waals surface area contributed by atoms with Gasteiger partial charge in [-0.15, -0.1) is 0 Å². The Morgan fingerprint density at radius 2 is 1.78 bits per heavy atom. The van der Waals surface area contributed by atoms with E-state index in [1.54, 1.807) is 0 Å². The fraction of sp³-hybridized carbons (Fsp3) is 0.308. The average molecular weight is 429 g/mol. The molecule has 2 fully saturated rings. The second-order valence-corrected chi connectivity index (χ2v) is 9.17. The highest BCUT2D eigenvalue weighted by Gasteiger charge is 2.47. The maximum Gasteiger partial charge on any atom is 0.328 e. The largest absolute Gasteiger partial charge is 0.328 e. The lowest BCUT2D eigenvalue weighted by Crippen LogP contribution is -2.38. The van der Waals surface area contributed by atoms with Gasteiger partial charge in [-0.1, -0.05) is 42.5 Å². The number of nitrogens with zero attached hydrogens (tertiary/aromatic N) is 2. The fourth-order valence-electron chi connectivity index (χ4n) is 5.78. The Bertz CT molecular complexity index is 1450. The molecule has 0 bridgehead atoms. The molecule has 0 radical (unpaired) electrons. The van der Waals surface area contributed by atoms with Crippen molar-refractivity contribution >= 4 is 21.7 Å². The summed E-state index contributed by atoms with van der Waals surface area (Å²) in [6.07, 6.45) is 1.19. The minimum Gasteiger partial charge on any atom is -0.307 e. The van der Waals surface area contributed by atoms with E-state index in [1.807, 2.05) is 0 Å². The molecule has 0 spiro atoms. The van der Waals surface area contributed by atoms with Crippen molar-refractivity contribution in [1.82, 2.24) is 14.5 Å². The van der Waals surface area contributed by atoms with Gasteiger partial charge in [-0.2, -0.15) is 0 Å². The zero-order chi connectivity index (χ0) is 21.8. The van der Waals surface area contributed by atoms with Gasteiger partial charge in [-0.3, -0.25) is 9.36 Å². The van der Waals surface area contributed by atoms with Gasteiger partial charge in [0.25, 0.3) is 5.56 Å². The number of H-pyrrole nitrogens is 1. The van der Waals surface area contributed by atoms with Crippen molar-refractivity contribution in [2.75, 3.05) is 19.6 Å². The molecule has 32 heavy (non-hydrogen) atoms. The molecule has 162 valence electrons. The van der Waals surface area contributed by atoms with Gasteiger partial charge in [0.05, 0.1) is 10.9 Å². The number of aromatic nitrogens is 2. The van der Waals surface area contributed by atoms with Gasteiger partial charge in [0.15, 0.2) is 0 Å². The molecule has 5 nitrogen and oxygen atoms in total. The normalized spacial score (nSPS) is 22.8. The van der Waals surface area contributed by atoms with Gasteiger partial charge >= 0.3 is 5.69 Å². The molecule has 2 heterocycles. The number of halogens is 1. The van der Waals surface area contributed by atoms with Crippen molar-refractivity contribution in [3.8, 4) is 0 Å². The van der Waals surface area contributed by atoms with Crippen LogP contribution < -0.4 is 11.2 Å². The number of benzene rings is 3. The molecule has 3 unspecified atom stereocenters. The predicted molar refractivity (Wildman–Crippen MR) is 124 cm³/mol. The van der Waals surface area contributed by atoms with Crippen LogP contribution in [0.25, 0.3) is 21.7 Å². The third-order valence-corrected chi connectivity index (χ3v) is 7.45. The van der Waals surface area contributed by atoms with Crippen LogP contribution in [0.3, 0.4) is 0 Å². The first kappa shape index (κ1) is 19.4. The summed E-state index contributed by atoms with van der Waals surface area (Å²) < 4.78 is 14.8.